The number of likely N-dealkylation sites (tertiary alicyclic amines) is 2. The van der Waals surface area contributed by atoms with Gasteiger partial charge in [-0.25, -0.2) is 0 Å². The minimum atomic E-state index is -0.351. The third-order valence-corrected chi connectivity index (χ3v) is 6.77. The zero-order valence-corrected chi connectivity index (χ0v) is 20.2. The van der Waals surface area contributed by atoms with Crippen molar-refractivity contribution in [2.75, 3.05) is 54.6 Å². The van der Waals surface area contributed by atoms with Crippen LogP contribution in [-0.4, -0.2) is 76.2 Å². The van der Waals surface area contributed by atoms with E-state index in [1.165, 1.54) is 0 Å². The molecule has 0 spiro atoms. The van der Waals surface area contributed by atoms with Gasteiger partial charge >= 0.3 is 0 Å². The number of methoxy groups -OCH3 is 4. The summed E-state index contributed by atoms with van der Waals surface area (Å²) in [6, 6.07) is 10.9. The fraction of sp³-hybridized carbons (Fsp3) is 0.462. The monoisotopic (exact) mass is 468 g/mol. The molecule has 2 atom stereocenters. The maximum atomic E-state index is 13.5. The van der Waals surface area contributed by atoms with Crippen molar-refractivity contribution in [3.05, 3.63) is 47.5 Å². The van der Waals surface area contributed by atoms with E-state index in [0.29, 0.717) is 41.7 Å². The Morgan fingerprint density at radius 3 is 2.09 bits per heavy atom. The smallest absolute Gasteiger partial charge is 0.254 e. The number of carbonyl (C=O) groups excluding carboxylic acids is 2. The Morgan fingerprint density at radius 2 is 1.50 bits per heavy atom. The summed E-state index contributed by atoms with van der Waals surface area (Å²) in [7, 11) is 6.27. The maximum absolute atomic E-state index is 13.5. The molecule has 2 aliphatic heterocycles. The van der Waals surface area contributed by atoms with Gasteiger partial charge in [-0.15, -0.1) is 0 Å². The standard InChI is InChI=1S/C26H32N2O6/c1-31-19-9-7-8-17(12-19)25(29)28-15-20(21(16-28)26(30)27-10-5-6-11-27)18-13-22(32-2)24(34-4)23(14-18)33-3/h7-9,12-14,20-21H,5-6,10-11,15-16H2,1-4H3. The third-order valence-electron chi connectivity index (χ3n) is 6.77. The van der Waals surface area contributed by atoms with Crippen molar-refractivity contribution < 1.29 is 28.5 Å². The van der Waals surface area contributed by atoms with E-state index in [1.54, 1.807) is 57.6 Å². The fourth-order valence-corrected chi connectivity index (χ4v) is 4.98. The van der Waals surface area contributed by atoms with Crippen molar-refractivity contribution >= 4 is 11.8 Å². The average Bonchev–Trinajstić information content (AvgIpc) is 3.58. The molecule has 8 nitrogen and oxygen atoms in total. The van der Waals surface area contributed by atoms with E-state index >= 15 is 0 Å². The van der Waals surface area contributed by atoms with Gasteiger partial charge in [-0.3, -0.25) is 9.59 Å². The van der Waals surface area contributed by atoms with Crippen molar-refractivity contribution in [1.82, 2.24) is 9.80 Å². The highest BCUT2D eigenvalue weighted by atomic mass is 16.5. The highest BCUT2D eigenvalue weighted by molar-refractivity contribution is 5.95. The van der Waals surface area contributed by atoms with E-state index in [2.05, 4.69) is 0 Å². The number of ether oxygens (including phenoxy) is 4. The highest BCUT2D eigenvalue weighted by Crippen LogP contribution is 2.44. The highest BCUT2D eigenvalue weighted by Gasteiger charge is 2.43. The second kappa shape index (κ2) is 10.2. The van der Waals surface area contributed by atoms with Gasteiger partial charge in [-0.2, -0.15) is 0 Å². The van der Waals surface area contributed by atoms with E-state index in [4.69, 9.17) is 18.9 Å². The minimum absolute atomic E-state index is 0.0946. The Bertz CT molecular complexity index is 1020. The summed E-state index contributed by atoms with van der Waals surface area (Å²) in [5.74, 6) is 1.61. The Kier molecular flexibility index (Phi) is 7.14. The predicted molar refractivity (Wildman–Crippen MR) is 127 cm³/mol. The topological polar surface area (TPSA) is 77.5 Å². The minimum Gasteiger partial charge on any atom is -0.497 e. The van der Waals surface area contributed by atoms with Gasteiger partial charge in [-0.1, -0.05) is 6.07 Å². The first-order valence-electron chi connectivity index (χ1n) is 11.5. The molecule has 2 aromatic rings. The number of benzene rings is 2. The molecule has 2 fully saturated rings. The third kappa shape index (κ3) is 4.49. The van der Waals surface area contributed by atoms with Crippen molar-refractivity contribution in [1.29, 1.82) is 0 Å². The molecular formula is C26H32N2O6. The van der Waals surface area contributed by atoms with Gasteiger partial charge < -0.3 is 28.7 Å². The van der Waals surface area contributed by atoms with Gasteiger partial charge in [-0.05, 0) is 48.7 Å². The fourth-order valence-electron chi connectivity index (χ4n) is 4.98. The molecule has 2 amide bonds. The number of hydrogen-bond acceptors (Lipinski definition) is 6. The predicted octanol–water partition coefficient (Wildman–Crippen LogP) is 3.20. The normalized spacial score (nSPS) is 19.8. The van der Waals surface area contributed by atoms with Crippen LogP contribution in [0.25, 0.3) is 0 Å². The van der Waals surface area contributed by atoms with Crippen LogP contribution in [0.2, 0.25) is 0 Å². The molecule has 2 aliphatic rings. The molecule has 8 heteroatoms. The summed E-state index contributed by atoms with van der Waals surface area (Å²) in [5, 5.41) is 0. The number of rotatable bonds is 7. The van der Waals surface area contributed by atoms with Crippen molar-refractivity contribution in [2.24, 2.45) is 5.92 Å². The van der Waals surface area contributed by atoms with Crippen LogP contribution in [0.5, 0.6) is 23.0 Å². The van der Waals surface area contributed by atoms with Gasteiger partial charge in [0.05, 0.1) is 34.4 Å². The van der Waals surface area contributed by atoms with Gasteiger partial charge in [0, 0.05) is 37.7 Å². The molecule has 0 saturated carbocycles. The van der Waals surface area contributed by atoms with E-state index in [9.17, 15) is 9.59 Å². The first kappa shape index (κ1) is 23.7. The van der Waals surface area contributed by atoms with Crippen LogP contribution >= 0.6 is 0 Å². The van der Waals surface area contributed by atoms with Gasteiger partial charge in [0.15, 0.2) is 11.5 Å². The van der Waals surface area contributed by atoms with Crippen LogP contribution < -0.4 is 18.9 Å². The molecule has 2 aromatic carbocycles. The number of amides is 2. The second-order valence-corrected chi connectivity index (χ2v) is 8.65. The molecule has 0 aromatic heterocycles. The van der Waals surface area contributed by atoms with Crippen LogP contribution in [-0.2, 0) is 4.79 Å². The molecule has 34 heavy (non-hydrogen) atoms. The average molecular weight is 469 g/mol. The van der Waals surface area contributed by atoms with Gasteiger partial charge in [0.1, 0.15) is 5.75 Å². The molecule has 0 radical (unpaired) electrons. The molecule has 2 heterocycles. The van der Waals surface area contributed by atoms with Crippen LogP contribution in [0, 0.1) is 5.92 Å². The lowest BCUT2D eigenvalue weighted by Crippen LogP contribution is -2.37. The molecule has 4 rings (SSSR count). The van der Waals surface area contributed by atoms with Gasteiger partial charge in [0.25, 0.3) is 5.91 Å². The summed E-state index contributed by atoms with van der Waals surface area (Å²) in [4.78, 5) is 30.6. The molecule has 2 unspecified atom stereocenters. The summed E-state index contributed by atoms with van der Waals surface area (Å²) >= 11 is 0. The molecule has 2 saturated heterocycles. The molecule has 182 valence electrons. The summed E-state index contributed by atoms with van der Waals surface area (Å²) in [5.41, 5.74) is 1.42. The lowest BCUT2D eigenvalue weighted by atomic mass is 9.87. The van der Waals surface area contributed by atoms with E-state index < -0.39 is 0 Å². The number of nitrogens with zero attached hydrogens (tertiary/aromatic N) is 2. The molecule has 0 N–H and O–H groups in total. The summed E-state index contributed by atoms with van der Waals surface area (Å²) < 4.78 is 21.9. The summed E-state index contributed by atoms with van der Waals surface area (Å²) in [6.07, 6.45) is 2.03. The first-order valence-corrected chi connectivity index (χ1v) is 11.5. The Balaban J connectivity index is 1.70. The SMILES string of the molecule is COc1cccc(C(=O)N2CC(C(=O)N3CCCC3)C(c3cc(OC)c(OC)c(OC)c3)C2)c1. The molecule has 0 aliphatic carbocycles. The van der Waals surface area contributed by atoms with Crippen LogP contribution in [0.3, 0.4) is 0 Å². The lowest BCUT2D eigenvalue weighted by molar-refractivity contribution is -0.134. The van der Waals surface area contributed by atoms with Crippen LogP contribution in [0.1, 0.15) is 34.7 Å². The number of carbonyl (C=O) groups is 2. The van der Waals surface area contributed by atoms with E-state index in [0.717, 1.165) is 31.5 Å². The zero-order chi connectivity index (χ0) is 24.2. The number of hydrogen-bond donors (Lipinski definition) is 0. The van der Waals surface area contributed by atoms with Gasteiger partial charge in [0.2, 0.25) is 11.7 Å². The lowest BCUT2D eigenvalue weighted by Gasteiger charge is -2.25. The van der Waals surface area contributed by atoms with Crippen molar-refractivity contribution in [2.45, 2.75) is 18.8 Å². The Hall–Kier alpha value is -3.42. The molecular weight excluding hydrogens is 436 g/mol. The first-order chi connectivity index (χ1) is 16.5. The second-order valence-electron chi connectivity index (χ2n) is 8.65. The molecule has 0 bridgehead atoms. The zero-order valence-electron chi connectivity index (χ0n) is 20.2. The van der Waals surface area contributed by atoms with E-state index in [-0.39, 0.29) is 23.7 Å². The summed E-state index contributed by atoms with van der Waals surface area (Å²) in [6.45, 7) is 2.30. The van der Waals surface area contributed by atoms with Crippen LogP contribution in [0.4, 0.5) is 0 Å². The maximum Gasteiger partial charge on any atom is 0.254 e. The van der Waals surface area contributed by atoms with Crippen molar-refractivity contribution in [3.63, 3.8) is 0 Å². The Morgan fingerprint density at radius 1 is 0.824 bits per heavy atom. The largest absolute Gasteiger partial charge is 0.497 e. The quantitative estimate of drug-likeness (QED) is 0.621. The Labute approximate surface area is 200 Å². The van der Waals surface area contributed by atoms with Crippen LogP contribution in [0.15, 0.2) is 36.4 Å². The van der Waals surface area contributed by atoms with E-state index in [1.807, 2.05) is 17.0 Å². The van der Waals surface area contributed by atoms with Crippen molar-refractivity contribution in [3.8, 4) is 23.0 Å².